The van der Waals surface area contributed by atoms with Gasteiger partial charge < -0.3 is 4.57 Å². The Morgan fingerprint density at radius 3 is 1.96 bits per heavy atom. The summed E-state index contributed by atoms with van der Waals surface area (Å²) in [5.74, 6) is -0.629. The fraction of sp³-hybridized carbons (Fsp3) is 0.0732. The zero-order valence-corrected chi connectivity index (χ0v) is 25.3. The number of amides is 2. The summed E-state index contributed by atoms with van der Waals surface area (Å²) < 4.78 is 2.19. The number of hydrogen-bond acceptors (Lipinski definition) is 2. The van der Waals surface area contributed by atoms with Gasteiger partial charge in [0.15, 0.2) is 0 Å². The van der Waals surface area contributed by atoms with Crippen LogP contribution in [0.4, 0.5) is 5.69 Å². The van der Waals surface area contributed by atoms with Crippen LogP contribution < -0.4 is 4.90 Å². The zero-order chi connectivity index (χ0) is 30.8. The number of anilines is 1. The molecule has 6 aromatic carbocycles. The summed E-state index contributed by atoms with van der Waals surface area (Å²) >= 11 is 0. The van der Waals surface area contributed by atoms with Crippen molar-refractivity contribution in [2.75, 3.05) is 4.90 Å². The third-order valence-electron chi connectivity index (χ3n) is 8.99. The summed E-state index contributed by atoms with van der Waals surface area (Å²) in [7, 11) is 0. The minimum Gasteiger partial charge on any atom is -0.308 e. The van der Waals surface area contributed by atoms with Crippen LogP contribution in [0.1, 0.15) is 37.4 Å². The highest BCUT2D eigenvalue weighted by Crippen LogP contribution is 2.42. The van der Waals surface area contributed by atoms with Crippen LogP contribution in [0, 0.1) is 20.8 Å². The highest BCUT2D eigenvalue weighted by Gasteiger charge is 2.39. The number of carbonyl (C=O) groups is 2. The lowest BCUT2D eigenvalue weighted by Crippen LogP contribution is -2.29. The first-order valence-electron chi connectivity index (χ1n) is 15.2. The third kappa shape index (κ3) is 4.06. The predicted octanol–water partition coefficient (Wildman–Crippen LogP) is 9.84. The van der Waals surface area contributed by atoms with Gasteiger partial charge in [0.05, 0.1) is 33.5 Å². The van der Waals surface area contributed by atoms with Gasteiger partial charge in [-0.15, -0.1) is 0 Å². The van der Waals surface area contributed by atoms with E-state index >= 15 is 0 Å². The van der Waals surface area contributed by atoms with Gasteiger partial charge in [-0.2, -0.15) is 0 Å². The molecule has 45 heavy (non-hydrogen) atoms. The Bertz CT molecular complexity index is 2320. The molecule has 0 bridgehead atoms. The zero-order valence-electron chi connectivity index (χ0n) is 25.3. The summed E-state index contributed by atoms with van der Waals surface area (Å²) in [6, 6.07) is 42.4. The molecule has 1 aliphatic heterocycles. The molecule has 4 heteroatoms. The van der Waals surface area contributed by atoms with Gasteiger partial charge >= 0.3 is 0 Å². The number of aromatic nitrogens is 1. The van der Waals surface area contributed by atoms with Gasteiger partial charge in [0, 0.05) is 16.3 Å². The highest BCUT2D eigenvalue weighted by molar-refractivity contribution is 6.36. The van der Waals surface area contributed by atoms with Crippen LogP contribution in [0.2, 0.25) is 0 Å². The second kappa shape index (κ2) is 10.2. The summed E-state index contributed by atoms with van der Waals surface area (Å²) in [4.78, 5) is 29.8. The van der Waals surface area contributed by atoms with Crippen LogP contribution in [-0.2, 0) is 0 Å². The summed E-state index contributed by atoms with van der Waals surface area (Å²) in [6.07, 6.45) is 0. The lowest BCUT2D eigenvalue weighted by atomic mass is 9.92. The van der Waals surface area contributed by atoms with Crippen LogP contribution in [0.15, 0.2) is 127 Å². The first kappa shape index (κ1) is 26.9. The first-order chi connectivity index (χ1) is 21.9. The van der Waals surface area contributed by atoms with Crippen molar-refractivity contribution in [3.63, 3.8) is 0 Å². The van der Waals surface area contributed by atoms with E-state index in [1.54, 1.807) is 6.07 Å². The van der Waals surface area contributed by atoms with E-state index in [4.69, 9.17) is 0 Å². The molecule has 8 rings (SSSR count). The average Bonchev–Trinajstić information content (AvgIpc) is 3.52. The predicted molar refractivity (Wildman–Crippen MR) is 183 cm³/mol. The molecular weight excluding hydrogens is 552 g/mol. The maximum atomic E-state index is 14.4. The van der Waals surface area contributed by atoms with E-state index in [0.717, 1.165) is 38.5 Å². The Morgan fingerprint density at radius 2 is 1.16 bits per heavy atom. The largest absolute Gasteiger partial charge is 0.308 e. The number of fused-ring (bicyclic) bond motifs is 4. The van der Waals surface area contributed by atoms with Gasteiger partial charge in [-0.25, -0.2) is 4.90 Å². The van der Waals surface area contributed by atoms with Crippen LogP contribution in [0.3, 0.4) is 0 Å². The normalized spacial score (nSPS) is 12.8. The Hall–Kier alpha value is -5.74. The quantitative estimate of drug-likeness (QED) is 0.194. The van der Waals surface area contributed by atoms with Crippen molar-refractivity contribution in [1.29, 1.82) is 0 Å². The van der Waals surface area contributed by atoms with Gasteiger partial charge in [-0.1, -0.05) is 103 Å². The molecule has 7 aromatic rings. The molecule has 0 radical (unpaired) electrons. The van der Waals surface area contributed by atoms with Crippen LogP contribution >= 0.6 is 0 Å². The second-order valence-corrected chi connectivity index (χ2v) is 11.9. The van der Waals surface area contributed by atoms with Crippen molar-refractivity contribution in [1.82, 2.24) is 4.57 Å². The van der Waals surface area contributed by atoms with Crippen molar-refractivity contribution in [2.24, 2.45) is 0 Å². The van der Waals surface area contributed by atoms with E-state index in [1.165, 1.54) is 27.2 Å². The first-order valence-corrected chi connectivity index (χ1v) is 15.2. The van der Waals surface area contributed by atoms with E-state index in [-0.39, 0.29) is 11.8 Å². The molecule has 2 heterocycles. The summed E-state index contributed by atoms with van der Waals surface area (Å²) in [5.41, 5.74) is 12.0. The minimum absolute atomic E-state index is 0.312. The molecule has 0 atom stereocenters. The van der Waals surface area contributed by atoms with Crippen molar-refractivity contribution < 1.29 is 9.59 Å². The van der Waals surface area contributed by atoms with E-state index in [9.17, 15) is 9.59 Å². The van der Waals surface area contributed by atoms with Gasteiger partial charge in [0.25, 0.3) is 11.8 Å². The highest BCUT2D eigenvalue weighted by atomic mass is 16.2. The molecule has 0 saturated carbocycles. The van der Waals surface area contributed by atoms with Crippen LogP contribution in [0.25, 0.3) is 49.7 Å². The second-order valence-electron chi connectivity index (χ2n) is 11.9. The molecule has 1 aliphatic rings. The Labute approximate surface area is 261 Å². The Kier molecular flexibility index (Phi) is 6.07. The molecule has 0 fully saturated rings. The van der Waals surface area contributed by atoms with Gasteiger partial charge in [-0.05, 0) is 78.9 Å². The van der Waals surface area contributed by atoms with E-state index < -0.39 is 0 Å². The summed E-state index contributed by atoms with van der Waals surface area (Å²) in [6.45, 7) is 6.44. The number of hydrogen-bond donors (Lipinski definition) is 0. The third-order valence-corrected chi connectivity index (χ3v) is 8.99. The number of rotatable bonds is 4. The molecule has 4 nitrogen and oxygen atoms in total. The molecule has 0 unspecified atom stereocenters. The van der Waals surface area contributed by atoms with Gasteiger partial charge in [0.1, 0.15) is 0 Å². The molecular formula is C41H30N2O2. The maximum Gasteiger partial charge on any atom is 0.268 e. The molecule has 1 aromatic heterocycles. The van der Waals surface area contributed by atoms with Crippen molar-refractivity contribution in [3.05, 3.63) is 155 Å². The SMILES string of the molecule is Cc1cc(C)c(-c2cccc3c4ccccc4n(-c4cccc5c4C(=O)N(c4cccc(-c6ccccc6)c4)C5=O)c23)c(C)c1. The fourth-order valence-corrected chi connectivity index (χ4v) is 7.22. The fourth-order valence-electron chi connectivity index (χ4n) is 7.22. The standard InChI is InChI=1S/C41H30N2O2/c1-25-22-26(2)37(27(3)23-25)33-18-10-17-32-31-16-7-8-20-35(31)43(39(32)33)36-21-11-19-34-38(36)41(45)42(40(34)44)30-15-9-14-29(24-30)28-12-5-4-6-13-28/h4-24H,1-3H3. The molecule has 2 amide bonds. The molecule has 0 aliphatic carbocycles. The average molecular weight is 583 g/mol. The van der Waals surface area contributed by atoms with E-state index in [0.29, 0.717) is 22.5 Å². The number of imide groups is 1. The van der Waals surface area contributed by atoms with Crippen LogP contribution in [-0.4, -0.2) is 16.4 Å². The number of carbonyl (C=O) groups excluding carboxylic acids is 2. The smallest absolute Gasteiger partial charge is 0.268 e. The topological polar surface area (TPSA) is 42.3 Å². The number of nitrogens with zero attached hydrogens (tertiary/aromatic N) is 2. The monoisotopic (exact) mass is 582 g/mol. The van der Waals surface area contributed by atoms with Crippen molar-refractivity contribution in [3.8, 4) is 27.9 Å². The number of para-hydroxylation sites is 2. The van der Waals surface area contributed by atoms with Gasteiger partial charge in [0.2, 0.25) is 0 Å². The van der Waals surface area contributed by atoms with Crippen molar-refractivity contribution >= 4 is 39.3 Å². The molecule has 0 N–H and O–H groups in total. The number of benzene rings is 6. The number of aryl methyl sites for hydroxylation is 3. The maximum absolute atomic E-state index is 14.4. The summed E-state index contributed by atoms with van der Waals surface area (Å²) in [5, 5.41) is 2.20. The lowest BCUT2D eigenvalue weighted by Gasteiger charge is -2.18. The lowest BCUT2D eigenvalue weighted by molar-refractivity contribution is 0.0926. The van der Waals surface area contributed by atoms with Crippen molar-refractivity contribution in [2.45, 2.75) is 20.8 Å². The van der Waals surface area contributed by atoms with E-state index in [1.807, 2.05) is 78.9 Å². The molecule has 216 valence electrons. The minimum atomic E-state index is -0.318. The van der Waals surface area contributed by atoms with Crippen LogP contribution in [0.5, 0.6) is 0 Å². The van der Waals surface area contributed by atoms with E-state index in [2.05, 4.69) is 67.8 Å². The molecule has 0 spiro atoms. The Morgan fingerprint density at radius 1 is 0.511 bits per heavy atom. The Balaban J connectivity index is 1.37. The van der Waals surface area contributed by atoms with Gasteiger partial charge in [-0.3, -0.25) is 9.59 Å². The molecule has 0 saturated heterocycles.